The molecule has 2 N–H and O–H groups in total. The number of benzene rings is 2. The standard InChI is InChI=1S/C25H26ClN3O3/c1-15(2)18-9-8-16(3)22(14-18)29-24(32-29)17-10-12-19(13-11-17)27-25(31)28-23(30)20-6-4-5-7-21(20)26/h4-8,10-13,18,22,24H,1,9,14H2,2-3H3,(H2,27,28,30,31). The zero-order valence-corrected chi connectivity index (χ0v) is 18.9. The van der Waals surface area contributed by atoms with Crippen LogP contribution >= 0.6 is 11.6 Å². The minimum absolute atomic E-state index is 0.100. The monoisotopic (exact) mass is 451 g/mol. The number of hydrogen-bond acceptors (Lipinski definition) is 4. The lowest BCUT2D eigenvalue weighted by atomic mass is 9.83. The second-order valence-electron chi connectivity index (χ2n) is 8.31. The van der Waals surface area contributed by atoms with Crippen molar-refractivity contribution in [2.45, 2.75) is 39.0 Å². The molecule has 166 valence electrons. The van der Waals surface area contributed by atoms with Crippen LogP contribution in [0.3, 0.4) is 0 Å². The van der Waals surface area contributed by atoms with Gasteiger partial charge in [0.25, 0.3) is 5.91 Å². The van der Waals surface area contributed by atoms with E-state index in [-0.39, 0.29) is 22.9 Å². The van der Waals surface area contributed by atoms with Gasteiger partial charge in [-0.05, 0) is 62.4 Å². The molecule has 2 aliphatic rings. The van der Waals surface area contributed by atoms with Gasteiger partial charge in [0, 0.05) is 5.69 Å². The Balaban J connectivity index is 1.33. The molecule has 3 amide bonds. The number of hydroxylamine groups is 2. The zero-order chi connectivity index (χ0) is 22.8. The predicted octanol–water partition coefficient (Wildman–Crippen LogP) is 5.85. The summed E-state index contributed by atoms with van der Waals surface area (Å²) in [6, 6.07) is 13.6. The SMILES string of the molecule is C=C(C)C1CC=C(C)C(N2OC2c2ccc(NC(=O)NC(=O)c3ccccc3Cl)cc2)C1. The average molecular weight is 452 g/mol. The fraction of sp³-hybridized carbons (Fsp3) is 0.280. The van der Waals surface area contributed by atoms with Crippen LogP contribution in [-0.2, 0) is 4.84 Å². The fourth-order valence-electron chi connectivity index (χ4n) is 3.96. The number of amides is 3. The van der Waals surface area contributed by atoms with Gasteiger partial charge < -0.3 is 5.32 Å². The molecule has 7 heteroatoms. The Hall–Kier alpha value is -2.93. The lowest BCUT2D eigenvalue weighted by Crippen LogP contribution is -2.34. The van der Waals surface area contributed by atoms with Gasteiger partial charge in [0.1, 0.15) is 0 Å². The van der Waals surface area contributed by atoms with Gasteiger partial charge in [-0.1, -0.05) is 59.7 Å². The highest BCUT2D eigenvalue weighted by Gasteiger charge is 2.45. The number of rotatable bonds is 5. The Labute approximate surface area is 192 Å². The van der Waals surface area contributed by atoms with E-state index in [1.807, 2.05) is 17.2 Å². The van der Waals surface area contributed by atoms with Crippen LogP contribution in [0.25, 0.3) is 0 Å². The summed E-state index contributed by atoms with van der Waals surface area (Å²) in [5.74, 6) is -0.0807. The van der Waals surface area contributed by atoms with E-state index < -0.39 is 11.9 Å². The molecule has 4 rings (SSSR count). The summed E-state index contributed by atoms with van der Waals surface area (Å²) in [5.41, 5.74) is 4.35. The van der Waals surface area contributed by atoms with Gasteiger partial charge in [0.2, 0.25) is 0 Å². The third-order valence-electron chi connectivity index (χ3n) is 5.97. The molecule has 1 fully saturated rings. The molecule has 4 unspecified atom stereocenters. The van der Waals surface area contributed by atoms with Crippen molar-refractivity contribution in [1.82, 2.24) is 10.4 Å². The molecule has 32 heavy (non-hydrogen) atoms. The van der Waals surface area contributed by atoms with Gasteiger partial charge >= 0.3 is 6.03 Å². The van der Waals surface area contributed by atoms with Gasteiger partial charge in [0.15, 0.2) is 6.23 Å². The van der Waals surface area contributed by atoms with E-state index in [2.05, 4.69) is 37.1 Å². The van der Waals surface area contributed by atoms with Crippen molar-refractivity contribution in [1.29, 1.82) is 0 Å². The molecule has 0 aromatic heterocycles. The van der Waals surface area contributed by atoms with Crippen molar-refractivity contribution in [3.63, 3.8) is 0 Å². The maximum atomic E-state index is 12.2. The van der Waals surface area contributed by atoms with Crippen LogP contribution in [-0.4, -0.2) is 23.0 Å². The molecule has 0 bridgehead atoms. The molecule has 1 heterocycles. The third-order valence-corrected chi connectivity index (χ3v) is 6.30. The first-order chi connectivity index (χ1) is 15.3. The second-order valence-corrected chi connectivity index (χ2v) is 8.71. The summed E-state index contributed by atoms with van der Waals surface area (Å²) < 4.78 is 0. The number of allylic oxidation sites excluding steroid dienone is 2. The van der Waals surface area contributed by atoms with Crippen LogP contribution in [0.15, 0.2) is 72.3 Å². The number of carbonyl (C=O) groups excluding carboxylic acids is 2. The minimum atomic E-state index is -0.624. The van der Waals surface area contributed by atoms with Gasteiger partial charge in [-0.15, -0.1) is 5.06 Å². The fourth-order valence-corrected chi connectivity index (χ4v) is 4.19. The van der Waals surface area contributed by atoms with E-state index in [4.69, 9.17) is 16.4 Å². The molecule has 1 aliphatic carbocycles. The van der Waals surface area contributed by atoms with Crippen LogP contribution in [0.1, 0.15) is 48.8 Å². The van der Waals surface area contributed by atoms with E-state index in [1.54, 1.807) is 36.4 Å². The smallest absolute Gasteiger partial charge is 0.308 e. The van der Waals surface area contributed by atoms with E-state index in [1.165, 1.54) is 11.1 Å². The first kappa shape index (κ1) is 22.3. The predicted molar refractivity (Wildman–Crippen MR) is 125 cm³/mol. The number of carbonyl (C=O) groups is 2. The maximum absolute atomic E-state index is 12.2. The van der Waals surface area contributed by atoms with Gasteiger partial charge in [-0.3, -0.25) is 14.9 Å². The van der Waals surface area contributed by atoms with Gasteiger partial charge in [-0.2, -0.15) is 0 Å². The summed E-state index contributed by atoms with van der Waals surface area (Å²) >= 11 is 6.00. The van der Waals surface area contributed by atoms with Gasteiger partial charge in [0.05, 0.1) is 16.6 Å². The number of nitrogens with one attached hydrogen (secondary N) is 2. The maximum Gasteiger partial charge on any atom is 0.326 e. The van der Waals surface area contributed by atoms with Crippen LogP contribution in [0.5, 0.6) is 0 Å². The summed E-state index contributed by atoms with van der Waals surface area (Å²) in [7, 11) is 0. The Morgan fingerprint density at radius 3 is 2.56 bits per heavy atom. The number of hydrogen-bond donors (Lipinski definition) is 2. The van der Waals surface area contributed by atoms with Crippen molar-refractivity contribution in [3.05, 3.63) is 88.5 Å². The number of urea groups is 1. The largest absolute Gasteiger partial charge is 0.326 e. The zero-order valence-electron chi connectivity index (χ0n) is 18.1. The molecule has 0 radical (unpaired) electrons. The lowest BCUT2D eigenvalue weighted by molar-refractivity contribution is 0.0967. The lowest BCUT2D eigenvalue weighted by Gasteiger charge is -2.28. The number of anilines is 1. The van der Waals surface area contributed by atoms with Crippen LogP contribution in [0.4, 0.5) is 10.5 Å². The minimum Gasteiger partial charge on any atom is -0.308 e. The quantitative estimate of drug-likeness (QED) is 0.441. The summed E-state index contributed by atoms with van der Waals surface area (Å²) in [5, 5.41) is 7.26. The third kappa shape index (κ3) is 4.93. The molecule has 6 nitrogen and oxygen atoms in total. The number of halogens is 1. The highest BCUT2D eigenvalue weighted by Crippen LogP contribution is 2.45. The van der Waals surface area contributed by atoms with Crippen LogP contribution < -0.4 is 10.6 Å². The molecule has 1 aliphatic heterocycles. The molecule has 0 saturated carbocycles. The van der Waals surface area contributed by atoms with Crippen molar-refractivity contribution < 1.29 is 14.4 Å². The van der Waals surface area contributed by atoms with Crippen molar-refractivity contribution >= 4 is 29.2 Å². The molecule has 1 saturated heterocycles. The molecule has 2 aromatic carbocycles. The van der Waals surface area contributed by atoms with E-state index >= 15 is 0 Å². The molecule has 0 spiro atoms. The summed E-state index contributed by atoms with van der Waals surface area (Å²) in [6.07, 6.45) is 4.23. The van der Waals surface area contributed by atoms with Crippen molar-refractivity contribution in [2.24, 2.45) is 5.92 Å². The van der Waals surface area contributed by atoms with E-state index in [0.717, 1.165) is 18.4 Å². The number of imide groups is 1. The van der Waals surface area contributed by atoms with Crippen molar-refractivity contribution in [2.75, 3.05) is 5.32 Å². The Morgan fingerprint density at radius 2 is 1.88 bits per heavy atom. The Bertz CT molecular complexity index is 1080. The van der Waals surface area contributed by atoms with Crippen LogP contribution in [0, 0.1) is 5.92 Å². The van der Waals surface area contributed by atoms with E-state index in [0.29, 0.717) is 11.6 Å². The van der Waals surface area contributed by atoms with Crippen molar-refractivity contribution in [3.8, 4) is 0 Å². The van der Waals surface area contributed by atoms with E-state index in [9.17, 15) is 9.59 Å². The summed E-state index contributed by atoms with van der Waals surface area (Å²) in [6.45, 7) is 8.34. The molecular formula is C25H26ClN3O3. The van der Waals surface area contributed by atoms with Crippen LogP contribution in [0.2, 0.25) is 5.02 Å². The average Bonchev–Trinajstić information content (AvgIpc) is 3.55. The molecule has 2 aromatic rings. The van der Waals surface area contributed by atoms with Gasteiger partial charge in [-0.25, -0.2) is 4.79 Å². The highest BCUT2D eigenvalue weighted by molar-refractivity contribution is 6.34. The Kier molecular flexibility index (Phi) is 6.46. The summed E-state index contributed by atoms with van der Waals surface area (Å²) in [4.78, 5) is 30.3. The second kappa shape index (κ2) is 9.28. The first-order valence-electron chi connectivity index (χ1n) is 10.6. The Morgan fingerprint density at radius 1 is 1.16 bits per heavy atom. The first-order valence-corrected chi connectivity index (χ1v) is 10.9. The highest BCUT2D eigenvalue weighted by atomic mass is 35.5. The molecular weight excluding hydrogens is 426 g/mol. The molecule has 4 atom stereocenters. The number of nitrogens with zero attached hydrogens (tertiary/aromatic N) is 1. The topological polar surface area (TPSA) is 73.7 Å². The normalized spacial score (nSPS) is 24.3.